The second-order valence-electron chi connectivity index (χ2n) is 5.99. The molecule has 3 N–H and O–H groups in total. The van der Waals surface area contributed by atoms with Crippen LogP contribution in [0.25, 0.3) is 17.0 Å². The Bertz CT molecular complexity index is 1180. The third-order valence-corrected chi connectivity index (χ3v) is 4.76. The van der Waals surface area contributed by atoms with Crippen LogP contribution in [0.2, 0.25) is 10.0 Å². The Labute approximate surface area is 168 Å². The Kier molecular flexibility index (Phi) is 4.33. The maximum atomic E-state index is 12.8. The van der Waals surface area contributed by atoms with Gasteiger partial charge in [0.25, 0.3) is 5.91 Å². The van der Waals surface area contributed by atoms with E-state index in [1.807, 2.05) is 0 Å². The van der Waals surface area contributed by atoms with Crippen LogP contribution in [0.5, 0.6) is 0 Å². The number of carboxylic acids is 1. The van der Waals surface area contributed by atoms with E-state index in [9.17, 15) is 19.5 Å². The minimum Gasteiger partial charge on any atom is -0.477 e. The van der Waals surface area contributed by atoms with E-state index >= 15 is 0 Å². The highest BCUT2D eigenvalue weighted by molar-refractivity contribution is 6.39. The number of amides is 3. The molecule has 0 unspecified atom stereocenters. The lowest BCUT2D eigenvalue weighted by atomic mass is 10.1. The summed E-state index contributed by atoms with van der Waals surface area (Å²) in [6.07, 6.45) is 1.30. The number of nitrogens with zero attached hydrogens (tertiary/aromatic N) is 1. The Hall–Kier alpha value is -3.29. The first kappa shape index (κ1) is 18.1. The van der Waals surface area contributed by atoms with E-state index in [0.717, 1.165) is 4.90 Å². The normalized spacial score (nSPS) is 15.5. The van der Waals surface area contributed by atoms with Crippen molar-refractivity contribution in [3.8, 4) is 0 Å². The molecule has 1 saturated heterocycles. The van der Waals surface area contributed by atoms with Crippen LogP contribution in [-0.2, 0) is 4.79 Å². The molecule has 0 spiro atoms. The zero-order valence-electron chi connectivity index (χ0n) is 14.0. The zero-order valence-corrected chi connectivity index (χ0v) is 15.5. The summed E-state index contributed by atoms with van der Waals surface area (Å²) in [6.45, 7) is 0. The number of para-hydroxylation sites is 1. The molecule has 1 aliphatic rings. The number of carbonyl (C=O) groups excluding carboxylic acids is 2. The zero-order chi connectivity index (χ0) is 20.0. The summed E-state index contributed by atoms with van der Waals surface area (Å²) in [4.78, 5) is 40.4. The molecule has 1 aromatic heterocycles. The van der Waals surface area contributed by atoms with Crippen LogP contribution in [0.1, 0.15) is 16.1 Å². The molecule has 2 heterocycles. The van der Waals surface area contributed by atoms with Crippen LogP contribution in [0.3, 0.4) is 0 Å². The number of urea groups is 1. The number of H-pyrrole nitrogens is 1. The van der Waals surface area contributed by atoms with Gasteiger partial charge in [-0.1, -0.05) is 41.4 Å². The number of benzene rings is 2. The molecule has 9 heteroatoms. The number of aromatic amines is 1. The number of fused-ring (bicyclic) bond motifs is 1. The van der Waals surface area contributed by atoms with Crippen molar-refractivity contribution in [2.75, 3.05) is 4.90 Å². The molecule has 0 saturated carbocycles. The first-order valence-corrected chi connectivity index (χ1v) is 8.78. The van der Waals surface area contributed by atoms with E-state index in [-0.39, 0.29) is 22.0 Å². The molecule has 0 bridgehead atoms. The van der Waals surface area contributed by atoms with Crippen molar-refractivity contribution >= 4 is 63.8 Å². The number of imide groups is 1. The Morgan fingerprint density at radius 2 is 1.82 bits per heavy atom. The number of aromatic carboxylic acids is 1. The van der Waals surface area contributed by atoms with Crippen LogP contribution in [0.15, 0.2) is 48.2 Å². The molecular weight excluding hydrogens is 405 g/mol. The van der Waals surface area contributed by atoms with Gasteiger partial charge in [0.2, 0.25) is 0 Å². The number of carbonyl (C=O) groups is 3. The van der Waals surface area contributed by atoms with Crippen molar-refractivity contribution in [2.24, 2.45) is 0 Å². The fourth-order valence-corrected chi connectivity index (χ4v) is 3.67. The molecule has 28 heavy (non-hydrogen) atoms. The standard InChI is InChI=1S/C19H11Cl2N3O4/c20-9-6-12(21)15-11(16(18(26)27)22-13(15)7-9)8-14-17(25)24(19(28)23-14)10-4-2-1-3-5-10/h1-8,22H,(H,23,28)(H,26,27)/b14-8+. The van der Waals surface area contributed by atoms with Gasteiger partial charge in [0, 0.05) is 21.5 Å². The molecule has 2 aromatic carbocycles. The molecule has 7 nitrogen and oxygen atoms in total. The van der Waals surface area contributed by atoms with Gasteiger partial charge in [-0.25, -0.2) is 14.5 Å². The summed E-state index contributed by atoms with van der Waals surface area (Å²) in [6, 6.07) is 10.8. The maximum Gasteiger partial charge on any atom is 0.352 e. The molecule has 3 amide bonds. The lowest BCUT2D eigenvalue weighted by Crippen LogP contribution is -2.30. The SMILES string of the molecule is O=C(O)c1[nH]c2cc(Cl)cc(Cl)c2c1/C=C1/NC(=O)N(c2ccccc2)C1=O. The summed E-state index contributed by atoms with van der Waals surface area (Å²) in [5.74, 6) is -1.85. The third-order valence-electron chi connectivity index (χ3n) is 4.25. The maximum absolute atomic E-state index is 12.8. The summed E-state index contributed by atoms with van der Waals surface area (Å²) in [7, 11) is 0. The van der Waals surface area contributed by atoms with Crippen LogP contribution < -0.4 is 10.2 Å². The van der Waals surface area contributed by atoms with Crippen molar-refractivity contribution in [1.29, 1.82) is 0 Å². The van der Waals surface area contributed by atoms with Crippen LogP contribution in [0.4, 0.5) is 10.5 Å². The average Bonchev–Trinajstić information content (AvgIpc) is 3.13. The summed E-state index contributed by atoms with van der Waals surface area (Å²) in [5, 5.41) is 12.9. The molecule has 0 atom stereocenters. The first-order valence-electron chi connectivity index (χ1n) is 8.03. The second-order valence-corrected chi connectivity index (χ2v) is 6.84. The number of carboxylic acid groups (broad SMARTS) is 1. The predicted octanol–water partition coefficient (Wildman–Crippen LogP) is 4.27. The summed E-state index contributed by atoms with van der Waals surface area (Å²) >= 11 is 12.2. The summed E-state index contributed by atoms with van der Waals surface area (Å²) in [5.41, 5.74) is 0.729. The van der Waals surface area contributed by atoms with Gasteiger partial charge in [0.1, 0.15) is 11.4 Å². The van der Waals surface area contributed by atoms with Crippen molar-refractivity contribution in [3.05, 3.63) is 69.5 Å². The van der Waals surface area contributed by atoms with Crippen molar-refractivity contribution in [3.63, 3.8) is 0 Å². The minimum atomic E-state index is -1.24. The van der Waals surface area contributed by atoms with E-state index < -0.39 is 17.9 Å². The molecule has 0 radical (unpaired) electrons. The van der Waals surface area contributed by atoms with E-state index in [2.05, 4.69) is 10.3 Å². The lowest BCUT2D eigenvalue weighted by Gasteiger charge is -2.10. The topological polar surface area (TPSA) is 102 Å². The van der Waals surface area contributed by atoms with Crippen molar-refractivity contribution < 1.29 is 19.5 Å². The van der Waals surface area contributed by atoms with Gasteiger partial charge in [0.05, 0.1) is 10.7 Å². The third kappa shape index (κ3) is 2.90. The number of anilines is 1. The first-order chi connectivity index (χ1) is 13.4. The number of aromatic nitrogens is 1. The van der Waals surface area contributed by atoms with Crippen LogP contribution in [0, 0.1) is 0 Å². The van der Waals surface area contributed by atoms with Crippen molar-refractivity contribution in [2.45, 2.75) is 0 Å². The van der Waals surface area contributed by atoms with E-state index in [0.29, 0.717) is 21.6 Å². The molecule has 1 aliphatic heterocycles. The van der Waals surface area contributed by atoms with Crippen molar-refractivity contribution in [1.82, 2.24) is 10.3 Å². The molecule has 3 aromatic rings. The Morgan fingerprint density at radius 3 is 2.50 bits per heavy atom. The monoisotopic (exact) mass is 415 g/mol. The number of hydrogen-bond acceptors (Lipinski definition) is 3. The highest BCUT2D eigenvalue weighted by Crippen LogP contribution is 2.34. The quantitative estimate of drug-likeness (QED) is 0.438. The smallest absolute Gasteiger partial charge is 0.352 e. The number of hydrogen-bond donors (Lipinski definition) is 3. The second kappa shape index (κ2) is 6.70. The van der Waals surface area contributed by atoms with Gasteiger partial charge in [-0.05, 0) is 30.3 Å². The largest absolute Gasteiger partial charge is 0.477 e. The summed E-state index contributed by atoms with van der Waals surface area (Å²) < 4.78 is 0. The fraction of sp³-hybridized carbons (Fsp3) is 0. The number of halogens is 2. The molecule has 0 aliphatic carbocycles. The van der Waals surface area contributed by atoms with Gasteiger partial charge < -0.3 is 15.4 Å². The van der Waals surface area contributed by atoms with E-state index in [1.54, 1.807) is 30.3 Å². The molecule has 1 fully saturated rings. The highest BCUT2D eigenvalue weighted by Gasteiger charge is 2.35. The average molecular weight is 416 g/mol. The van der Waals surface area contributed by atoms with Gasteiger partial charge >= 0.3 is 12.0 Å². The van der Waals surface area contributed by atoms with Gasteiger partial charge in [0.15, 0.2) is 0 Å². The predicted molar refractivity (Wildman–Crippen MR) is 106 cm³/mol. The van der Waals surface area contributed by atoms with Gasteiger partial charge in [-0.3, -0.25) is 4.79 Å². The Morgan fingerprint density at radius 1 is 1.11 bits per heavy atom. The van der Waals surface area contributed by atoms with Gasteiger partial charge in [-0.2, -0.15) is 0 Å². The minimum absolute atomic E-state index is 0.0664. The van der Waals surface area contributed by atoms with E-state index in [1.165, 1.54) is 18.2 Å². The number of rotatable bonds is 3. The molecule has 4 rings (SSSR count). The van der Waals surface area contributed by atoms with E-state index in [4.69, 9.17) is 23.2 Å². The van der Waals surface area contributed by atoms with Crippen LogP contribution in [-0.4, -0.2) is 28.0 Å². The lowest BCUT2D eigenvalue weighted by molar-refractivity contribution is -0.113. The Balaban J connectivity index is 1.87. The fourth-order valence-electron chi connectivity index (χ4n) is 3.08. The van der Waals surface area contributed by atoms with Crippen LogP contribution >= 0.6 is 23.2 Å². The molecule has 140 valence electrons. The number of nitrogens with one attached hydrogen (secondary N) is 2. The van der Waals surface area contributed by atoms with Gasteiger partial charge in [-0.15, -0.1) is 0 Å². The molecular formula is C19H11Cl2N3O4. The highest BCUT2D eigenvalue weighted by atomic mass is 35.5.